The van der Waals surface area contributed by atoms with Gasteiger partial charge < -0.3 is 24.8 Å². The SMILES string of the molecule is COCC(Oc1cc(-c2nn(C)c3c(-c4cnn(C5CCN(C)CC5)c4)cnc(N)c23)ccc1NSC(F)F)c1ccc(F)cc1. The van der Waals surface area contributed by atoms with E-state index >= 15 is 0 Å². The Hall–Kier alpha value is -4.27. The first kappa shape index (κ1) is 31.7. The quantitative estimate of drug-likeness (QED) is 0.154. The average Bonchev–Trinajstić information content (AvgIpc) is 3.67. The summed E-state index contributed by atoms with van der Waals surface area (Å²) in [4.78, 5) is 6.85. The number of methoxy groups -OCH3 is 1. The number of pyridine rings is 1. The van der Waals surface area contributed by atoms with Gasteiger partial charge in [-0.15, -0.1) is 0 Å². The Morgan fingerprint density at radius 2 is 1.83 bits per heavy atom. The zero-order valence-electron chi connectivity index (χ0n) is 25.7. The molecule has 1 fully saturated rings. The fourth-order valence-electron chi connectivity index (χ4n) is 5.82. The van der Waals surface area contributed by atoms with E-state index in [0.717, 1.165) is 42.6 Å². The van der Waals surface area contributed by atoms with Crippen molar-refractivity contribution in [3.05, 3.63) is 72.4 Å². The van der Waals surface area contributed by atoms with E-state index in [2.05, 4.69) is 26.8 Å². The van der Waals surface area contributed by atoms with Crippen molar-refractivity contribution in [1.29, 1.82) is 0 Å². The first-order chi connectivity index (χ1) is 22.2. The van der Waals surface area contributed by atoms with Crippen LogP contribution in [0.5, 0.6) is 5.75 Å². The summed E-state index contributed by atoms with van der Waals surface area (Å²) in [5, 5.41) is 10.2. The molecule has 0 bridgehead atoms. The van der Waals surface area contributed by atoms with Crippen molar-refractivity contribution in [2.45, 2.75) is 30.7 Å². The fourth-order valence-corrected chi connectivity index (χ4v) is 6.21. The summed E-state index contributed by atoms with van der Waals surface area (Å²) in [6.07, 6.45) is 7.03. The molecule has 1 unspecified atom stereocenters. The number of halogens is 3. The summed E-state index contributed by atoms with van der Waals surface area (Å²) < 4.78 is 58.2. The smallest absolute Gasteiger partial charge is 0.302 e. The lowest BCUT2D eigenvalue weighted by Crippen LogP contribution is -2.31. The number of rotatable bonds is 11. The first-order valence-corrected chi connectivity index (χ1v) is 15.7. The third kappa shape index (κ3) is 6.64. The zero-order chi connectivity index (χ0) is 32.4. The molecule has 1 aliphatic rings. The molecule has 6 rings (SSSR count). The molecule has 0 amide bonds. The number of hydrogen-bond donors (Lipinski definition) is 2. The number of benzene rings is 2. The summed E-state index contributed by atoms with van der Waals surface area (Å²) in [6, 6.07) is 11.3. The Kier molecular flexibility index (Phi) is 9.38. The van der Waals surface area contributed by atoms with Gasteiger partial charge in [-0.3, -0.25) is 9.36 Å². The Morgan fingerprint density at radius 3 is 2.54 bits per heavy atom. The summed E-state index contributed by atoms with van der Waals surface area (Å²) in [5.74, 6) is -2.48. The highest BCUT2D eigenvalue weighted by molar-refractivity contribution is 8.00. The van der Waals surface area contributed by atoms with Crippen LogP contribution < -0.4 is 15.2 Å². The number of alkyl halides is 2. The van der Waals surface area contributed by atoms with Crippen molar-refractivity contribution < 1.29 is 22.6 Å². The number of piperidine rings is 1. The van der Waals surface area contributed by atoms with Crippen molar-refractivity contribution in [2.24, 2.45) is 7.05 Å². The van der Waals surface area contributed by atoms with Crippen molar-refractivity contribution >= 4 is 34.4 Å². The largest absolute Gasteiger partial charge is 0.481 e. The van der Waals surface area contributed by atoms with Crippen LogP contribution in [-0.2, 0) is 11.8 Å². The van der Waals surface area contributed by atoms with Gasteiger partial charge in [-0.2, -0.15) is 19.0 Å². The molecule has 14 heteroatoms. The molecule has 1 saturated heterocycles. The maximum atomic E-state index is 13.7. The molecule has 1 atom stereocenters. The van der Waals surface area contributed by atoms with Gasteiger partial charge in [-0.25, -0.2) is 9.37 Å². The molecule has 46 heavy (non-hydrogen) atoms. The minimum Gasteiger partial charge on any atom is -0.481 e. The number of ether oxygens (including phenoxy) is 2. The molecule has 0 spiro atoms. The maximum Gasteiger partial charge on any atom is 0.302 e. The molecule has 1 aliphatic heterocycles. The Bertz CT molecular complexity index is 1810. The van der Waals surface area contributed by atoms with E-state index in [0.29, 0.717) is 39.8 Å². The second kappa shape index (κ2) is 13.6. The molecule has 4 heterocycles. The number of nitrogens with two attached hydrogens (primary N) is 1. The van der Waals surface area contributed by atoms with Crippen LogP contribution in [-0.4, -0.2) is 69.1 Å². The van der Waals surface area contributed by atoms with Gasteiger partial charge in [-0.05, 0) is 62.8 Å². The van der Waals surface area contributed by atoms with E-state index < -0.39 is 11.9 Å². The number of nitrogens with one attached hydrogen (secondary N) is 1. The molecule has 3 N–H and O–H groups in total. The molecule has 0 radical (unpaired) electrons. The Balaban J connectivity index is 1.39. The third-order valence-corrected chi connectivity index (χ3v) is 8.72. The molecule has 0 aliphatic carbocycles. The van der Waals surface area contributed by atoms with Gasteiger partial charge in [0.1, 0.15) is 29.2 Å². The van der Waals surface area contributed by atoms with Crippen LogP contribution >= 0.6 is 11.9 Å². The van der Waals surface area contributed by atoms with E-state index in [-0.39, 0.29) is 30.1 Å². The molecular weight excluding hydrogens is 617 g/mol. The van der Waals surface area contributed by atoms with E-state index in [1.54, 1.807) is 41.2 Å². The van der Waals surface area contributed by atoms with Crippen LogP contribution in [0.4, 0.5) is 24.7 Å². The van der Waals surface area contributed by atoms with Crippen LogP contribution in [0.2, 0.25) is 0 Å². The molecule has 0 saturated carbocycles. The van der Waals surface area contributed by atoms with E-state index in [9.17, 15) is 13.2 Å². The van der Waals surface area contributed by atoms with Crippen molar-refractivity contribution in [3.8, 4) is 28.1 Å². The van der Waals surface area contributed by atoms with Crippen LogP contribution in [0.25, 0.3) is 33.3 Å². The van der Waals surface area contributed by atoms with Crippen LogP contribution in [0.1, 0.15) is 30.6 Å². The van der Waals surface area contributed by atoms with Gasteiger partial charge in [0.15, 0.2) is 0 Å². The van der Waals surface area contributed by atoms with Gasteiger partial charge in [-0.1, -0.05) is 18.2 Å². The van der Waals surface area contributed by atoms with E-state index in [1.165, 1.54) is 19.2 Å². The number of hydrogen-bond acceptors (Lipinski definition) is 9. The monoisotopic (exact) mass is 652 g/mol. The standard InChI is InChI=1S/C32H35F3N8O2S/c1-41-12-10-23(11-13-41)43-17-21(15-38-43)24-16-37-31(36)28-29(39-42(2)30(24)28)20-6-9-25(40-46-32(34)35)26(14-20)45-27(18-44-3)19-4-7-22(33)8-5-19/h4-9,14-17,23,27,32,40H,10-13,18H2,1-3H3,(H2,36,37). The van der Waals surface area contributed by atoms with Crippen molar-refractivity contribution in [2.75, 3.05) is 44.3 Å². The Morgan fingerprint density at radius 1 is 1.07 bits per heavy atom. The highest BCUT2D eigenvalue weighted by atomic mass is 32.2. The normalized spacial score (nSPS) is 15.1. The lowest BCUT2D eigenvalue weighted by atomic mass is 10.0. The average molecular weight is 653 g/mol. The number of nitrogen functional groups attached to an aromatic ring is 1. The van der Waals surface area contributed by atoms with Gasteiger partial charge in [0.25, 0.3) is 0 Å². The molecule has 10 nitrogen and oxygen atoms in total. The second-order valence-corrected chi connectivity index (χ2v) is 12.1. The summed E-state index contributed by atoms with van der Waals surface area (Å²) in [5.41, 5.74) is 11.2. The molecule has 3 aromatic heterocycles. The highest BCUT2D eigenvalue weighted by Crippen LogP contribution is 2.41. The minimum absolute atomic E-state index is 0.134. The number of aryl methyl sites for hydroxylation is 1. The molecule has 5 aromatic rings. The molecule has 242 valence electrons. The summed E-state index contributed by atoms with van der Waals surface area (Å²) in [7, 11) is 5.49. The van der Waals surface area contributed by atoms with Gasteiger partial charge in [0.05, 0.1) is 35.4 Å². The van der Waals surface area contributed by atoms with Gasteiger partial charge in [0, 0.05) is 55.2 Å². The molecular formula is C32H35F3N8O2S. The fraction of sp³-hybridized carbons (Fsp3) is 0.344. The van der Waals surface area contributed by atoms with Crippen LogP contribution in [0, 0.1) is 5.82 Å². The third-order valence-electron chi connectivity index (χ3n) is 8.21. The second-order valence-electron chi connectivity index (χ2n) is 11.3. The number of nitrogens with zero attached hydrogens (tertiary/aromatic N) is 6. The summed E-state index contributed by atoms with van der Waals surface area (Å²) >= 11 is 0.255. The zero-order valence-corrected chi connectivity index (χ0v) is 26.5. The van der Waals surface area contributed by atoms with E-state index in [1.807, 2.05) is 24.1 Å². The lowest BCUT2D eigenvalue weighted by Gasteiger charge is -2.28. The number of likely N-dealkylation sites (tertiary alicyclic amines) is 1. The summed E-state index contributed by atoms with van der Waals surface area (Å²) in [6.45, 7) is 2.18. The molecule has 2 aromatic carbocycles. The first-order valence-electron chi connectivity index (χ1n) is 14.8. The Labute approximate surface area is 268 Å². The number of fused-ring (bicyclic) bond motifs is 1. The predicted octanol–water partition coefficient (Wildman–Crippen LogP) is 6.54. The van der Waals surface area contributed by atoms with Crippen molar-refractivity contribution in [3.63, 3.8) is 0 Å². The lowest BCUT2D eigenvalue weighted by molar-refractivity contribution is 0.0815. The number of anilines is 2. The van der Waals surface area contributed by atoms with Crippen LogP contribution in [0.3, 0.4) is 0 Å². The van der Waals surface area contributed by atoms with Gasteiger partial charge in [0.2, 0.25) is 0 Å². The van der Waals surface area contributed by atoms with Gasteiger partial charge >= 0.3 is 5.76 Å². The topological polar surface area (TPSA) is 108 Å². The van der Waals surface area contributed by atoms with Crippen LogP contribution in [0.15, 0.2) is 61.1 Å². The maximum absolute atomic E-state index is 13.7. The van der Waals surface area contributed by atoms with E-state index in [4.69, 9.17) is 20.3 Å². The van der Waals surface area contributed by atoms with Crippen molar-refractivity contribution in [1.82, 2.24) is 29.4 Å². The highest BCUT2D eigenvalue weighted by Gasteiger charge is 2.24. The predicted molar refractivity (Wildman–Crippen MR) is 174 cm³/mol. The number of aromatic nitrogens is 5. The minimum atomic E-state index is -2.66.